The largest absolute Gasteiger partial charge is 1.00 e. The maximum atomic E-state index is 11.9. The molecule has 44 heavy (non-hydrogen) atoms. The van der Waals surface area contributed by atoms with E-state index in [0.29, 0.717) is 12.8 Å². The molecule has 2 N–H and O–H groups in total. The molecule has 0 aromatic heterocycles. The Morgan fingerprint density at radius 1 is 0.727 bits per heavy atom. The van der Waals surface area contributed by atoms with Gasteiger partial charge in [0.25, 0.3) is 0 Å². The number of anilines is 1. The predicted molar refractivity (Wildman–Crippen MR) is 169 cm³/mol. The number of halogens is 1. The van der Waals surface area contributed by atoms with E-state index >= 15 is 0 Å². The number of quaternary nitrogens is 1. The first kappa shape index (κ1) is 46.6. The molecule has 0 radical (unpaired) electrons. The van der Waals surface area contributed by atoms with Crippen LogP contribution in [0.1, 0.15) is 103 Å². The first-order valence-corrected chi connectivity index (χ1v) is 16.2. The van der Waals surface area contributed by atoms with Crippen molar-refractivity contribution in [3.8, 4) is 23.7 Å². The molecule has 8 nitrogen and oxygen atoms in total. The number of amides is 2. The van der Waals surface area contributed by atoms with Crippen molar-refractivity contribution >= 4 is 28.1 Å². The Hall–Kier alpha value is -1.85. The number of likely N-dealkylation sites (N-methyl/N-ethyl adjacent to an activating group) is 1. The Bertz CT molecular complexity index is 1100. The van der Waals surface area contributed by atoms with Crippen LogP contribution in [0.25, 0.3) is 0 Å². The van der Waals surface area contributed by atoms with Gasteiger partial charge >= 0.3 is 40.2 Å². The molecule has 0 atom stereocenters. The monoisotopic (exact) mass is 659 g/mol. The summed E-state index contributed by atoms with van der Waals surface area (Å²) in [4.78, 5) is 23.7. The number of nitrogens with zero attached hydrogens (tertiary/aromatic N) is 1. The molecule has 0 saturated heterocycles. The van der Waals surface area contributed by atoms with Gasteiger partial charge in [0.1, 0.15) is 0 Å². The Morgan fingerprint density at radius 3 is 1.59 bits per heavy atom. The van der Waals surface area contributed by atoms with Crippen molar-refractivity contribution in [1.29, 1.82) is 0 Å². The van der Waals surface area contributed by atoms with Crippen LogP contribution < -0.4 is 52.6 Å². The molecule has 2 amide bonds. The van der Waals surface area contributed by atoms with E-state index in [9.17, 15) is 9.59 Å². The number of carbonyl (C=O) groups is 2. The van der Waals surface area contributed by atoms with Crippen LogP contribution in [0.2, 0.25) is 0 Å². The van der Waals surface area contributed by atoms with Crippen molar-refractivity contribution in [3.05, 3.63) is 30.3 Å². The maximum absolute atomic E-state index is 11.9. The van der Waals surface area contributed by atoms with Gasteiger partial charge in [0.2, 0.25) is 11.8 Å². The average Bonchev–Trinajstić information content (AvgIpc) is 2.91. The number of benzene rings is 1. The Balaban J connectivity index is -0.00000263. The number of carbonyl (C=O) groups excluding carboxylic acids is 2. The van der Waals surface area contributed by atoms with E-state index in [1.807, 2.05) is 12.1 Å². The van der Waals surface area contributed by atoms with Gasteiger partial charge in [-0.1, -0.05) is 68.9 Å². The number of hydrogen-bond donors (Lipinski definition) is 2. The summed E-state index contributed by atoms with van der Waals surface area (Å²) in [6, 6.07) is 10.3. The number of hydrogen-bond acceptors (Lipinski definition) is 5. The van der Waals surface area contributed by atoms with E-state index in [1.54, 1.807) is 12.1 Å². The predicted octanol–water partition coefficient (Wildman–Crippen LogP) is -0.500. The van der Waals surface area contributed by atoms with Crippen molar-refractivity contribution in [3.63, 3.8) is 0 Å². The third-order valence-corrected chi connectivity index (χ3v) is 6.26. The SMILES string of the molecule is C[N+](C)(C)CCNC(=O)CCCCCCCCC#CC#CCCCCCCCCC(=O)Nc1cc[c-]cc1.O=S(=O)=O.[Cl-].[Na+]. The fourth-order valence-electron chi connectivity index (χ4n) is 3.94. The average molecular weight is 660 g/mol. The van der Waals surface area contributed by atoms with Gasteiger partial charge in [0, 0.05) is 25.7 Å². The number of nitrogens with one attached hydrogen (secondary N) is 2. The fraction of sp³-hybridized carbons (Fsp3) is 0.636. The second-order valence-electron chi connectivity index (χ2n) is 11.3. The topological polar surface area (TPSA) is 109 Å². The van der Waals surface area contributed by atoms with Gasteiger partial charge in [-0.25, -0.2) is 0 Å². The summed E-state index contributed by atoms with van der Waals surface area (Å²) in [7, 11) is 3.30. The van der Waals surface area contributed by atoms with Gasteiger partial charge in [-0.05, 0) is 37.5 Å². The van der Waals surface area contributed by atoms with Crippen LogP contribution in [0.15, 0.2) is 24.3 Å². The van der Waals surface area contributed by atoms with Gasteiger partial charge in [-0.2, -0.15) is 18.2 Å². The van der Waals surface area contributed by atoms with Crippen LogP contribution in [-0.2, 0) is 20.2 Å². The molecule has 1 aromatic rings. The quantitative estimate of drug-likeness (QED) is 0.0646. The van der Waals surface area contributed by atoms with Crippen molar-refractivity contribution < 1.29 is 68.7 Å². The van der Waals surface area contributed by atoms with E-state index in [-0.39, 0.29) is 53.8 Å². The molecule has 242 valence electrons. The standard InChI is InChI=1S/C33H51N3O2.ClH.Na.O3S/c1-36(2,3)30-29-34-32(37)27-23-18-16-14-12-10-8-6-4-5-7-9-11-13-15-17-19-24-28-33(38)35-31-25-21-20-22-26-31;;;1-4(2)3/h21-22,25-26H,8-19,23-24,27-30H2,1-3H3,(H,34,37)(H,35,38);1H;;/q;;+1;/p-1. The maximum Gasteiger partial charge on any atom is 1.00 e. The van der Waals surface area contributed by atoms with Gasteiger partial charge in [0.15, 0.2) is 0 Å². The molecule has 0 saturated carbocycles. The summed E-state index contributed by atoms with van der Waals surface area (Å²) < 4.78 is 26.2. The summed E-state index contributed by atoms with van der Waals surface area (Å²) in [5.41, 5.74) is 0.840. The Labute approximate surface area is 296 Å². The summed E-state index contributed by atoms with van der Waals surface area (Å²) in [5, 5.41) is 5.93. The molecule has 1 rings (SSSR count). The molecule has 1 aromatic carbocycles. The first-order chi connectivity index (χ1) is 20.1. The molecule has 0 heterocycles. The van der Waals surface area contributed by atoms with Gasteiger partial charge in [-0.15, -0.1) is 24.8 Å². The van der Waals surface area contributed by atoms with Crippen LogP contribution in [0.5, 0.6) is 0 Å². The zero-order valence-electron chi connectivity index (χ0n) is 27.3. The van der Waals surface area contributed by atoms with E-state index in [2.05, 4.69) is 61.5 Å². The number of rotatable bonds is 20. The zero-order valence-corrected chi connectivity index (χ0v) is 30.9. The zero-order chi connectivity index (χ0) is 31.3. The van der Waals surface area contributed by atoms with E-state index in [0.717, 1.165) is 74.6 Å². The van der Waals surface area contributed by atoms with Crippen molar-refractivity contribution in [2.24, 2.45) is 0 Å². The van der Waals surface area contributed by atoms with Crippen LogP contribution in [0.3, 0.4) is 0 Å². The van der Waals surface area contributed by atoms with Crippen LogP contribution in [0.4, 0.5) is 5.69 Å². The van der Waals surface area contributed by atoms with Crippen molar-refractivity contribution in [2.45, 2.75) is 103 Å². The Kier molecular flexibility index (Phi) is 34.4. The van der Waals surface area contributed by atoms with E-state index < -0.39 is 10.6 Å². The second-order valence-corrected chi connectivity index (χ2v) is 11.7. The van der Waals surface area contributed by atoms with Gasteiger partial charge in [0.05, 0.1) is 34.2 Å². The molecule has 0 unspecified atom stereocenters. The fourth-order valence-corrected chi connectivity index (χ4v) is 3.94. The summed E-state index contributed by atoms with van der Waals surface area (Å²) in [6.07, 6.45) is 16.7. The minimum Gasteiger partial charge on any atom is -1.00 e. The van der Waals surface area contributed by atoms with Gasteiger partial charge < -0.3 is 27.5 Å². The molecule has 0 aliphatic heterocycles. The van der Waals surface area contributed by atoms with Crippen molar-refractivity contribution in [1.82, 2.24) is 5.32 Å². The second kappa shape index (κ2) is 32.5. The molecule has 0 bridgehead atoms. The van der Waals surface area contributed by atoms with Crippen LogP contribution >= 0.6 is 0 Å². The van der Waals surface area contributed by atoms with Crippen LogP contribution in [-0.4, -0.2) is 63.2 Å². The first-order valence-electron chi connectivity index (χ1n) is 15.2. The smallest absolute Gasteiger partial charge is 1.00 e. The molecular formula is C33H51ClN3NaO5S. The normalized spacial score (nSPS) is 9.70. The van der Waals surface area contributed by atoms with Gasteiger partial charge in [-0.3, -0.25) is 9.59 Å². The molecular weight excluding hydrogens is 609 g/mol. The third-order valence-electron chi connectivity index (χ3n) is 6.26. The van der Waals surface area contributed by atoms with E-state index in [4.69, 9.17) is 12.6 Å². The van der Waals surface area contributed by atoms with Crippen molar-refractivity contribution in [2.75, 3.05) is 39.5 Å². The number of unbranched alkanes of at least 4 members (excludes halogenated alkanes) is 12. The minimum absolute atomic E-state index is 0. The molecule has 0 aliphatic rings. The molecule has 0 spiro atoms. The Morgan fingerprint density at radius 2 is 1.14 bits per heavy atom. The summed E-state index contributed by atoms with van der Waals surface area (Å²) in [5.74, 6) is 12.6. The third kappa shape index (κ3) is 38.2. The van der Waals surface area contributed by atoms with E-state index in [1.165, 1.54) is 38.5 Å². The summed E-state index contributed by atoms with van der Waals surface area (Å²) >= 11 is 0. The molecule has 11 heteroatoms. The molecule has 0 fully saturated rings. The van der Waals surface area contributed by atoms with Crippen LogP contribution in [0, 0.1) is 29.7 Å². The summed E-state index contributed by atoms with van der Waals surface area (Å²) in [6.45, 7) is 1.72. The minimum atomic E-state index is -3.11. The molecule has 0 aliphatic carbocycles.